The maximum Gasteiger partial charge on any atom is 0.249 e. The maximum atomic E-state index is 12.5. The monoisotopic (exact) mass is 340 g/mol. The molecule has 130 valence electrons. The molecule has 0 aliphatic carbocycles. The largest absolute Gasteiger partial charge is 0.364 e. The summed E-state index contributed by atoms with van der Waals surface area (Å²) in [5, 5.41) is 3.22. The number of hydrogen-bond acceptors (Lipinski definition) is 3. The van der Waals surface area contributed by atoms with Crippen LogP contribution in [0.2, 0.25) is 0 Å². The Morgan fingerprint density at radius 2 is 1.91 bits per heavy atom. The number of hydrogen-bond donors (Lipinski definition) is 2. The highest BCUT2D eigenvalue weighted by molar-refractivity contribution is 5.85. The fraction of sp³-hybridized carbons (Fsp3) is 0.611. The summed E-state index contributed by atoms with van der Waals surface area (Å²) in [6.45, 7) is 4.83. The number of halogens is 1. The zero-order valence-electron chi connectivity index (χ0n) is 14.0. The second kappa shape index (κ2) is 9.91. The Balaban J connectivity index is 0.00000264. The van der Waals surface area contributed by atoms with Gasteiger partial charge >= 0.3 is 0 Å². The van der Waals surface area contributed by atoms with Crippen molar-refractivity contribution in [2.45, 2.75) is 57.8 Å². The first-order valence-electron chi connectivity index (χ1n) is 8.40. The Morgan fingerprint density at radius 1 is 1.26 bits per heavy atom. The molecule has 0 spiro atoms. The third kappa shape index (κ3) is 5.20. The van der Waals surface area contributed by atoms with Gasteiger partial charge in [-0.3, -0.25) is 4.79 Å². The minimum absolute atomic E-state index is 0. The predicted octanol–water partition coefficient (Wildman–Crippen LogP) is 3.21. The van der Waals surface area contributed by atoms with Crippen molar-refractivity contribution in [1.29, 1.82) is 0 Å². The second-order valence-corrected chi connectivity index (χ2v) is 6.03. The number of nitrogens with two attached hydrogens (primary N) is 1. The van der Waals surface area contributed by atoms with Crippen LogP contribution < -0.4 is 11.1 Å². The molecule has 23 heavy (non-hydrogen) atoms. The number of rotatable bonds is 7. The van der Waals surface area contributed by atoms with Gasteiger partial charge in [0.1, 0.15) is 6.10 Å². The smallest absolute Gasteiger partial charge is 0.249 e. The third-order valence-electron chi connectivity index (χ3n) is 4.64. The molecular weight excluding hydrogens is 312 g/mol. The molecule has 1 heterocycles. The third-order valence-corrected chi connectivity index (χ3v) is 4.64. The quantitative estimate of drug-likeness (QED) is 0.801. The summed E-state index contributed by atoms with van der Waals surface area (Å²) in [7, 11) is 0. The summed E-state index contributed by atoms with van der Waals surface area (Å²) in [6, 6.07) is 10.3. The zero-order valence-corrected chi connectivity index (χ0v) is 14.9. The molecule has 1 saturated heterocycles. The van der Waals surface area contributed by atoms with Crippen LogP contribution in [0.25, 0.3) is 0 Å². The highest BCUT2D eigenvalue weighted by atomic mass is 35.5. The van der Waals surface area contributed by atoms with Crippen molar-refractivity contribution in [2.24, 2.45) is 11.7 Å². The first-order valence-corrected chi connectivity index (χ1v) is 8.40. The molecule has 1 aromatic carbocycles. The highest BCUT2D eigenvalue weighted by Crippen LogP contribution is 2.28. The number of ether oxygens (including phenoxy) is 1. The molecule has 0 aromatic heterocycles. The summed E-state index contributed by atoms with van der Waals surface area (Å²) in [4.78, 5) is 12.5. The van der Waals surface area contributed by atoms with Crippen molar-refractivity contribution in [2.75, 3.05) is 6.54 Å². The molecule has 1 aliphatic rings. The van der Waals surface area contributed by atoms with E-state index in [4.69, 9.17) is 10.5 Å². The van der Waals surface area contributed by atoms with Crippen molar-refractivity contribution < 1.29 is 9.53 Å². The van der Waals surface area contributed by atoms with Gasteiger partial charge in [-0.15, -0.1) is 12.4 Å². The Hall–Kier alpha value is -1.10. The van der Waals surface area contributed by atoms with Gasteiger partial charge in [0.25, 0.3) is 0 Å². The molecule has 3 atom stereocenters. The molecular formula is C18H29ClN2O2. The number of carbonyl (C=O) groups is 1. The molecule has 1 aliphatic heterocycles. The van der Waals surface area contributed by atoms with E-state index < -0.39 is 0 Å². The highest BCUT2D eigenvalue weighted by Gasteiger charge is 2.32. The van der Waals surface area contributed by atoms with E-state index in [1.807, 2.05) is 18.2 Å². The fourth-order valence-electron chi connectivity index (χ4n) is 3.21. The molecule has 1 fully saturated rings. The Labute approximate surface area is 145 Å². The molecule has 2 rings (SSSR count). The van der Waals surface area contributed by atoms with Crippen molar-refractivity contribution in [3.8, 4) is 0 Å². The number of nitrogens with one attached hydrogen (secondary N) is 1. The topological polar surface area (TPSA) is 64.4 Å². The Bertz CT molecular complexity index is 465. The van der Waals surface area contributed by atoms with Crippen LogP contribution in [0.1, 0.15) is 51.1 Å². The first-order chi connectivity index (χ1) is 10.7. The summed E-state index contributed by atoms with van der Waals surface area (Å²) < 4.78 is 5.72. The molecule has 1 amide bonds. The average molecular weight is 341 g/mol. The summed E-state index contributed by atoms with van der Waals surface area (Å²) in [5.74, 6) is 0.426. The van der Waals surface area contributed by atoms with E-state index in [0.29, 0.717) is 12.5 Å². The van der Waals surface area contributed by atoms with Gasteiger partial charge in [-0.25, -0.2) is 0 Å². The lowest BCUT2D eigenvalue weighted by Gasteiger charge is -2.28. The van der Waals surface area contributed by atoms with E-state index in [-0.39, 0.29) is 36.6 Å². The van der Waals surface area contributed by atoms with E-state index in [9.17, 15) is 4.79 Å². The van der Waals surface area contributed by atoms with E-state index in [1.165, 1.54) is 0 Å². The maximum absolute atomic E-state index is 12.5. The summed E-state index contributed by atoms with van der Waals surface area (Å²) in [6.07, 6.45) is 3.38. The fourth-order valence-corrected chi connectivity index (χ4v) is 3.21. The molecule has 1 unspecified atom stereocenters. The van der Waals surface area contributed by atoms with Gasteiger partial charge in [-0.2, -0.15) is 0 Å². The summed E-state index contributed by atoms with van der Waals surface area (Å²) in [5.41, 5.74) is 6.79. The lowest BCUT2D eigenvalue weighted by atomic mass is 9.88. The summed E-state index contributed by atoms with van der Waals surface area (Å²) >= 11 is 0. The Kier molecular flexibility index (Phi) is 8.59. The SMILES string of the molecule is CCC(CC)C(NC(=O)[C@@H]1CC[C@H](CN)O1)c1ccccc1.Cl. The van der Waals surface area contributed by atoms with Crippen LogP contribution >= 0.6 is 12.4 Å². The van der Waals surface area contributed by atoms with Gasteiger partial charge < -0.3 is 15.8 Å². The van der Waals surface area contributed by atoms with Gasteiger partial charge in [-0.1, -0.05) is 57.0 Å². The van der Waals surface area contributed by atoms with Crippen molar-refractivity contribution >= 4 is 18.3 Å². The molecule has 0 radical (unpaired) electrons. The first kappa shape index (κ1) is 19.9. The van der Waals surface area contributed by atoms with Crippen LogP contribution in [0, 0.1) is 5.92 Å². The normalized spacial score (nSPS) is 21.7. The predicted molar refractivity (Wildman–Crippen MR) is 95.6 cm³/mol. The molecule has 0 bridgehead atoms. The van der Waals surface area contributed by atoms with E-state index in [1.54, 1.807) is 0 Å². The number of benzene rings is 1. The molecule has 1 aromatic rings. The van der Waals surface area contributed by atoms with Gasteiger partial charge in [0.15, 0.2) is 0 Å². The Morgan fingerprint density at radius 3 is 2.43 bits per heavy atom. The lowest BCUT2D eigenvalue weighted by Crippen LogP contribution is -2.40. The van der Waals surface area contributed by atoms with Crippen molar-refractivity contribution in [1.82, 2.24) is 5.32 Å². The minimum Gasteiger partial charge on any atom is -0.364 e. The van der Waals surface area contributed by atoms with Crippen LogP contribution in [-0.2, 0) is 9.53 Å². The van der Waals surface area contributed by atoms with Gasteiger partial charge in [0.05, 0.1) is 12.1 Å². The van der Waals surface area contributed by atoms with E-state index >= 15 is 0 Å². The van der Waals surface area contributed by atoms with Crippen molar-refractivity contribution in [3.63, 3.8) is 0 Å². The van der Waals surface area contributed by atoms with Gasteiger partial charge in [0, 0.05) is 6.54 Å². The van der Waals surface area contributed by atoms with Crippen molar-refractivity contribution in [3.05, 3.63) is 35.9 Å². The van der Waals surface area contributed by atoms with Crippen LogP contribution in [0.5, 0.6) is 0 Å². The standard InChI is InChI=1S/C18H28N2O2.ClH/c1-3-13(4-2)17(14-8-6-5-7-9-14)20-18(21)16-11-10-15(12-19)22-16;/h5-9,13,15-17H,3-4,10-12,19H2,1-2H3,(H,20,21);1H/t15-,16+,17?;/m1./s1. The molecule has 3 N–H and O–H groups in total. The van der Waals surface area contributed by atoms with Gasteiger partial charge in [-0.05, 0) is 24.3 Å². The van der Waals surface area contributed by atoms with Crippen LogP contribution in [-0.4, -0.2) is 24.7 Å². The van der Waals surface area contributed by atoms with Gasteiger partial charge in [0.2, 0.25) is 5.91 Å². The van der Waals surface area contributed by atoms with E-state index in [2.05, 4.69) is 31.3 Å². The molecule has 5 heteroatoms. The second-order valence-electron chi connectivity index (χ2n) is 6.03. The molecule has 4 nitrogen and oxygen atoms in total. The van der Waals surface area contributed by atoms with Crippen LogP contribution in [0.4, 0.5) is 0 Å². The van der Waals surface area contributed by atoms with Crippen LogP contribution in [0.3, 0.4) is 0 Å². The number of carbonyl (C=O) groups excluding carboxylic acids is 1. The average Bonchev–Trinajstić information content (AvgIpc) is 3.05. The zero-order chi connectivity index (χ0) is 15.9. The van der Waals surface area contributed by atoms with Crippen LogP contribution in [0.15, 0.2) is 30.3 Å². The van der Waals surface area contributed by atoms with E-state index in [0.717, 1.165) is 31.2 Å². The lowest BCUT2D eigenvalue weighted by molar-refractivity contribution is -0.133. The minimum atomic E-state index is -0.353. The molecule has 0 saturated carbocycles. The number of amides is 1.